The van der Waals surface area contributed by atoms with Gasteiger partial charge in [0.2, 0.25) is 5.91 Å². The van der Waals surface area contributed by atoms with E-state index in [4.69, 9.17) is 4.74 Å². The highest BCUT2D eigenvalue weighted by Crippen LogP contribution is 2.16. The minimum atomic E-state index is -0.604. The number of anilines is 1. The van der Waals surface area contributed by atoms with Gasteiger partial charge in [0, 0.05) is 17.8 Å². The smallest absolute Gasteiger partial charge is 0.410 e. The Balaban J connectivity index is 1.90. The number of rotatable bonds is 5. The van der Waals surface area contributed by atoms with E-state index >= 15 is 0 Å². The monoisotopic (exact) mass is 362 g/mol. The summed E-state index contributed by atoms with van der Waals surface area (Å²) in [5.41, 5.74) is 1.23. The number of hydrogen-bond donors (Lipinski definition) is 3. The van der Waals surface area contributed by atoms with Gasteiger partial charge in [0.05, 0.1) is 6.54 Å². The van der Waals surface area contributed by atoms with E-state index in [2.05, 4.69) is 16.0 Å². The number of benzene rings is 1. The van der Waals surface area contributed by atoms with Crippen molar-refractivity contribution in [2.45, 2.75) is 45.8 Å². The predicted octanol–water partition coefficient (Wildman–Crippen LogP) is 2.06. The summed E-state index contributed by atoms with van der Waals surface area (Å²) in [5.74, 6) is -0.430. The minimum absolute atomic E-state index is 0.319. The Morgan fingerprint density at radius 1 is 1.31 bits per heavy atom. The Hall–Kier alpha value is -2.77. The molecule has 0 radical (unpaired) electrons. The molecule has 26 heavy (non-hydrogen) atoms. The highest BCUT2D eigenvalue weighted by molar-refractivity contribution is 5.98. The average Bonchev–Trinajstić information content (AvgIpc) is 2.90. The van der Waals surface area contributed by atoms with Crippen LogP contribution in [0.3, 0.4) is 0 Å². The molecule has 1 aliphatic heterocycles. The van der Waals surface area contributed by atoms with Crippen LogP contribution >= 0.6 is 0 Å². The maximum Gasteiger partial charge on any atom is 0.410 e. The maximum atomic E-state index is 12.1. The van der Waals surface area contributed by atoms with Crippen molar-refractivity contribution in [3.8, 4) is 0 Å². The summed E-state index contributed by atoms with van der Waals surface area (Å²) in [7, 11) is 0. The van der Waals surface area contributed by atoms with Gasteiger partial charge in [0.25, 0.3) is 0 Å². The van der Waals surface area contributed by atoms with Crippen molar-refractivity contribution in [1.82, 2.24) is 15.5 Å². The Morgan fingerprint density at radius 2 is 2.04 bits per heavy atom. The maximum absolute atomic E-state index is 12.1. The van der Waals surface area contributed by atoms with Crippen LogP contribution in [0.25, 0.3) is 0 Å². The van der Waals surface area contributed by atoms with Crippen LogP contribution in [0, 0.1) is 0 Å². The van der Waals surface area contributed by atoms with E-state index in [-0.39, 0.29) is 6.09 Å². The summed E-state index contributed by atoms with van der Waals surface area (Å²) in [5, 5.41) is 8.05. The quantitative estimate of drug-likeness (QED) is 0.744. The minimum Gasteiger partial charge on any atom is -0.448 e. The SMILES string of the molecule is C[C@H](Nc1cccc(CN2CCOC2=O)c1)C(=O)NC(=O)NC(C)(C)C. The lowest BCUT2D eigenvalue weighted by Crippen LogP contribution is -2.51. The molecular weight excluding hydrogens is 336 g/mol. The summed E-state index contributed by atoms with van der Waals surface area (Å²) in [4.78, 5) is 37.1. The molecule has 8 heteroatoms. The molecule has 2 rings (SSSR count). The van der Waals surface area contributed by atoms with Crippen LogP contribution < -0.4 is 16.0 Å². The third-order valence-electron chi connectivity index (χ3n) is 3.65. The lowest BCUT2D eigenvalue weighted by atomic mass is 10.1. The number of carbonyl (C=O) groups excluding carboxylic acids is 3. The fraction of sp³-hybridized carbons (Fsp3) is 0.500. The van der Waals surface area contributed by atoms with Crippen LogP contribution in [0.2, 0.25) is 0 Å². The number of imide groups is 1. The molecule has 1 heterocycles. The van der Waals surface area contributed by atoms with Gasteiger partial charge in [-0.3, -0.25) is 10.1 Å². The lowest BCUT2D eigenvalue weighted by molar-refractivity contribution is -0.120. The Labute approximate surface area is 153 Å². The third kappa shape index (κ3) is 5.94. The van der Waals surface area contributed by atoms with E-state index in [1.165, 1.54) is 0 Å². The number of amides is 4. The van der Waals surface area contributed by atoms with Crippen molar-refractivity contribution in [2.24, 2.45) is 0 Å². The molecule has 0 bridgehead atoms. The Morgan fingerprint density at radius 3 is 2.65 bits per heavy atom. The molecule has 0 aliphatic carbocycles. The van der Waals surface area contributed by atoms with Gasteiger partial charge in [-0.05, 0) is 45.4 Å². The van der Waals surface area contributed by atoms with E-state index in [0.29, 0.717) is 19.7 Å². The topological polar surface area (TPSA) is 99.8 Å². The molecule has 0 saturated carbocycles. The molecule has 8 nitrogen and oxygen atoms in total. The van der Waals surface area contributed by atoms with Crippen LogP contribution in [0.5, 0.6) is 0 Å². The number of nitrogens with zero attached hydrogens (tertiary/aromatic N) is 1. The zero-order valence-corrected chi connectivity index (χ0v) is 15.6. The van der Waals surface area contributed by atoms with Crippen molar-refractivity contribution in [2.75, 3.05) is 18.5 Å². The van der Waals surface area contributed by atoms with Gasteiger partial charge in [-0.2, -0.15) is 0 Å². The second-order valence-corrected chi connectivity index (χ2v) is 7.30. The van der Waals surface area contributed by atoms with E-state index in [0.717, 1.165) is 11.3 Å². The molecule has 0 aromatic heterocycles. The number of ether oxygens (including phenoxy) is 1. The first-order valence-corrected chi connectivity index (χ1v) is 8.54. The van der Waals surface area contributed by atoms with Crippen molar-refractivity contribution >= 4 is 23.7 Å². The Kier molecular flexibility index (Phi) is 6.07. The summed E-state index contributed by atoms with van der Waals surface area (Å²) < 4.78 is 4.92. The van der Waals surface area contributed by atoms with Crippen LogP contribution in [-0.2, 0) is 16.1 Å². The van der Waals surface area contributed by atoms with E-state index in [1.54, 1.807) is 11.8 Å². The van der Waals surface area contributed by atoms with Crippen LogP contribution in [0.4, 0.5) is 15.3 Å². The number of carbonyl (C=O) groups is 3. The van der Waals surface area contributed by atoms with Crippen LogP contribution in [-0.4, -0.2) is 47.7 Å². The van der Waals surface area contributed by atoms with Crippen molar-refractivity contribution < 1.29 is 19.1 Å². The van der Waals surface area contributed by atoms with Gasteiger partial charge in [-0.25, -0.2) is 9.59 Å². The molecular formula is C18H26N4O4. The third-order valence-corrected chi connectivity index (χ3v) is 3.65. The predicted molar refractivity (Wildman–Crippen MR) is 97.7 cm³/mol. The molecule has 1 aromatic carbocycles. The zero-order valence-electron chi connectivity index (χ0n) is 15.6. The number of nitrogens with one attached hydrogen (secondary N) is 3. The molecule has 3 N–H and O–H groups in total. The molecule has 1 saturated heterocycles. The second-order valence-electron chi connectivity index (χ2n) is 7.30. The summed E-state index contributed by atoms with van der Waals surface area (Å²) in [6.45, 7) is 8.59. The van der Waals surface area contributed by atoms with Crippen LogP contribution in [0.1, 0.15) is 33.3 Å². The van der Waals surface area contributed by atoms with Crippen molar-refractivity contribution in [1.29, 1.82) is 0 Å². The lowest BCUT2D eigenvalue weighted by Gasteiger charge is -2.21. The van der Waals surface area contributed by atoms with Gasteiger partial charge >= 0.3 is 12.1 Å². The second kappa shape index (κ2) is 8.07. The first-order valence-electron chi connectivity index (χ1n) is 8.54. The van der Waals surface area contributed by atoms with E-state index < -0.39 is 23.5 Å². The van der Waals surface area contributed by atoms with Crippen molar-refractivity contribution in [3.05, 3.63) is 29.8 Å². The molecule has 0 unspecified atom stereocenters. The average molecular weight is 362 g/mol. The molecule has 1 aliphatic rings. The van der Waals surface area contributed by atoms with E-state index in [9.17, 15) is 14.4 Å². The molecule has 0 spiro atoms. The number of hydrogen-bond acceptors (Lipinski definition) is 5. The van der Waals surface area contributed by atoms with Gasteiger partial charge in [0.1, 0.15) is 12.6 Å². The first-order chi connectivity index (χ1) is 12.1. The summed E-state index contributed by atoms with van der Waals surface area (Å²) in [6, 6.07) is 6.30. The van der Waals surface area contributed by atoms with Gasteiger partial charge in [-0.15, -0.1) is 0 Å². The van der Waals surface area contributed by atoms with Gasteiger partial charge in [-0.1, -0.05) is 12.1 Å². The standard InChI is InChI=1S/C18H26N4O4/c1-12(15(23)20-16(24)21-18(2,3)4)19-14-7-5-6-13(10-14)11-22-8-9-26-17(22)25/h5-7,10,12,19H,8-9,11H2,1-4H3,(H2,20,21,23,24)/t12-/m0/s1. The van der Waals surface area contributed by atoms with E-state index in [1.807, 2.05) is 45.0 Å². The molecule has 4 amide bonds. The normalized spacial score (nSPS) is 15.2. The molecule has 1 aromatic rings. The summed E-state index contributed by atoms with van der Waals surface area (Å²) >= 11 is 0. The highest BCUT2D eigenvalue weighted by Gasteiger charge is 2.22. The largest absolute Gasteiger partial charge is 0.448 e. The zero-order chi connectivity index (χ0) is 19.3. The first kappa shape index (κ1) is 19.6. The summed E-state index contributed by atoms with van der Waals surface area (Å²) in [6.07, 6.45) is -0.319. The molecule has 1 atom stereocenters. The number of cyclic esters (lactones) is 1. The fourth-order valence-electron chi connectivity index (χ4n) is 2.46. The Bertz CT molecular complexity index is 684. The highest BCUT2D eigenvalue weighted by atomic mass is 16.6. The molecule has 1 fully saturated rings. The molecule has 142 valence electrons. The van der Waals surface area contributed by atoms with Gasteiger partial charge in [0.15, 0.2) is 0 Å². The van der Waals surface area contributed by atoms with Crippen molar-refractivity contribution in [3.63, 3.8) is 0 Å². The van der Waals surface area contributed by atoms with Crippen LogP contribution in [0.15, 0.2) is 24.3 Å². The number of urea groups is 1. The fourth-order valence-corrected chi connectivity index (χ4v) is 2.46. The van der Waals surface area contributed by atoms with Gasteiger partial charge < -0.3 is 20.3 Å².